The number of methoxy groups -OCH3 is 1. The molecule has 0 unspecified atom stereocenters. The van der Waals surface area contributed by atoms with Crippen LogP contribution in [0.4, 0.5) is 5.69 Å². The van der Waals surface area contributed by atoms with Gasteiger partial charge in [-0.3, -0.25) is 10.1 Å². The van der Waals surface area contributed by atoms with E-state index in [1.54, 1.807) is 12.1 Å². The van der Waals surface area contributed by atoms with Crippen molar-refractivity contribution in [3.05, 3.63) is 78.8 Å². The second-order valence-electron chi connectivity index (χ2n) is 7.01. The van der Waals surface area contributed by atoms with E-state index < -0.39 is 4.92 Å². The van der Waals surface area contributed by atoms with Gasteiger partial charge in [0.25, 0.3) is 0 Å². The molecule has 0 bridgehead atoms. The topological polar surface area (TPSA) is 98.3 Å². The lowest BCUT2D eigenvalue weighted by Crippen LogP contribution is -2.03. The highest BCUT2D eigenvalue weighted by atomic mass is 32.1. The second kappa shape index (κ2) is 9.41. The van der Waals surface area contributed by atoms with Gasteiger partial charge in [0.05, 0.1) is 17.6 Å². The van der Waals surface area contributed by atoms with Crippen molar-refractivity contribution in [2.24, 2.45) is 0 Å². The largest absolute Gasteiger partial charge is 0.493 e. The zero-order chi connectivity index (χ0) is 22.5. The van der Waals surface area contributed by atoms with E-state index in [2.05, 4.69) is 11.1 Å². The van der Waals surface area contributed by atoms with Crippen LogP contribution in [-0.4, -0.2) is 17.0 Å². The molecule has 0 radical (unpaired) electrons. The van der Waals surface area contributed by atoms with E-state index >= 15 is 0 Å². The summed E-state index contributed by atoms with van der Waals surface area (Å²) < 4.78 is 11.2. The first-order valence-electron chi connectivity index (χ1n) is 9.42. The third-order valence-electron chi connectivity index (χ3n) is 4.63. The van der Waals surface area contributed by atoms with Crippen molar-refractivity contribution in [1.82, 2.24) is 4.98 Å². The average molecular weight is 436 g/mol. The molecule has 1 aromatic heterocycles. The molecule has 158 valence electrons. The normalized spacial score (nSPS) is 11.1. The number of nitrogens with zero attached hydrogens (tertiary/aromatic N) is 3. The van der Waals surface area contributed by atoms with Crippen LogP contribution in [0.5, 0.6) is 11.5 Å². The molecule has 0 saturated carbocycles. The monoisotopic (exact) mass is 435 g/mol. The SMILES string of the molecule is COc1cc(/C=C(/C#N)c2nc(C)cs2)cc([N+](=O)[O-])c1OCc1cc(C)ccc1C. The van der Waals surface area contributed by atoms with Crippen LogP contribution in [0.2, 0.25) is 0 Å². The highest BCUT2D eigenvalue weighted by Crippen LogP contribution is 2.40. The quantitative estimate of drug-likeness (QED) is 0.271. The van der Waals surface area contributed by atoms with Gasteiger partial charge >= 0.3 is 5.69 Å². The molecule has 0 fully saturated rings. The fraction of sp³-hybridized carbons (Fsp3) is 0.217. The summed E-state index contributed by atoms with van der Waals surface area (Å²) in [6, 6.07) is 11.1. The number of allylic oxidation sites excluding steroid dienone is 1. The second-order valence-corrected chi connectivity index (χ2v) is 7.87. The van der Waals surface area contributed by atoms with Crippen molar-refractivity contribution in [2.75, 3.05) is 7.11 Å². The number of thiazole rings is 1. The van der Waals surface area contributed by atoms with Gasteiger partial charge in [-0.05, 0) is 49.6 Å². The lowest BCUT2D eigenvalue weighted by molar-refractivity contribution is -0.386. The van der Waals surface area contributed by atoms with Crippen molar-refractivity contribution >= 4 is 28.7 Å². The van der Waals surface area contributed by atoms with Gasteiger partial charge in [0, 0.05) is 17.1 Å². The van der Waals surface area contributed by atoms with Crippen molar-refractivity contribution in [2.45, 2.75) is 27.4 Å². The Morgan fingerprint density at radius 3 is 2.68 bits per heavy atom. The molecule has 0 saturated heterocycles. The Morgan fingerprint density at radius 1 is 1.29 bits per heavy atom. The molecule has 0 amide bonds. The molecule has 2 aromatic carbocycles. The summed E-state index contributed by atoms with van der Waals surface area (Å²) in [6.07, 6.45) is 1.56. The van der Waals surface area contributed by atoms with E-state index in [0.29, 0.717) is 16.1 Å². The van der Waals surface area contributed by atoms with Gasteiger partial charge in [-0.1, -0.05) is 23.8 Å². The van der Waals surface area contributed by atoms with Gasteiger partial charge in [-0.15, -0.1) is 11.3 Å². The number of hydrogen-bond donors (Lipinski definition) is 0. The average Bonchev–Trinajstić information content (AvgIpc) is 3.18. The van der Waals surface area contributed by atoms with Crippen molar-refractivity contribution < 1.29 is 14.4 Å². The van der Waals surface area contributed by atoms with Crippen LogP contribution < -0.4 is 9.47 Å². The van der Waals surface area contributed by atoms with E-state index in [0.717, 1.165) is 22.4 Å². The Kier molecular flexibility index (Phi) is 6.68. The highest BCUT2D eigenvalue weighted by molar-refractivity contribution is 7.11. The Bertz CT molecular complexity index is 1210. The van der Waals surface area contributed by atoms with E-state index in [9.17, 15) is 15.4 Å². The summed E-state index contributed by atoms with van der Waals surface area (Å²) in [5, 5.41) is 23.7. The minimum atomic E-state index is -0.516. The Hall–Kier alpha value is -3.70. The van der Waals surface area contributed by atoms with Gasteiger partial charge in [0.1, 0.15) is 17.7 Å². The molecule has 0 N–H and O–H groups in total. The number of nitro groups is 1. The highest BCUT2D eigenvalue weighted by Gasteiger charge is 2.23. The molecule has 7 nitrogen and oxygen atoms in total. The van der Waals surface area contributed by atoms with Gasteiger partial charge in [-0.25, -0.2) is 4.98 Å². The number of rotatable bonds is 7. The maximum atomic E-state index is 11.8. The number of aromatic nitrogens is 1. The predicted octanol–water partition coefficient (Wildman–Crippen LogP) is 5.63. The van der Waals surface area contributed by atoms with Crippen molar-refractivity contribution in [1.29, 1.82) is 5.26 Å². The molecular weight excluding hydrogens is 414 g/mol. The molecule has 3 aromatic rings. The maximum absolute atomic E-state index is 11.8. The fourth-order valence-corrected chi connectivity index (χ4v) is 3.78. The van der Waals surface area contributed by atoms with Crippen LogP contribution >= 0.6 is 11.3 Å². The van der Waals surface area contributed by atoms with Crippen LogP contribution in [0.1, 0.15) is 33.0 Å². The van der Waals surface area contributed by atoms with Gasteiger partial charge in [0.15, 0.2) is 5.75 Å². The van der Waals surface area contributed by atoms with E-state index in [1.165, 1.54) is 24.5 Å². The number of ether oxygens (including phenoxy) is 2. The third-order valence-corrected chi connectivity index (χ3v) is 5.63. The molecule has 31 heavy (non-hydrogen) atoms. The lowest BCUT2D eigenvalue weighted by Gasteiger charge is -2.13. The molecule has 0 atom stereocenters. The molecule has 8 heteroatoms. The predicted molar refractivity (Wildman–Crippen MR) is 120 cm³/mol. The summed E-state index contributed by atoms with van der Waals surface area (Å²) in [4.78, 5) is 15.6. The molecule has 0 aliphatic carbocycles. The van der Waals surface area contributed by atoms with Crippen LogP contribution in [0.15, 0.2) is 35.7 Å². The summed E-state index contributed by atoms with van der Waals surface area (Å²) in [5.41, 5.74) is 4.39. The Morgan fingerprint density at radius 2 is 2.06 bits per heavy atom. The first-order valence-corrected chi connectivity index (χ1v) is 10.3. The number of nitriles is 1. The summed E-state index contributed by atoms with van der Waals surface area (Å²) in [6.45, 7) is 5.94. The number of hydrogen-bond acceptors (Lipinski definition) is 7. The maximum Gasteiger partial charge on any atom is 0.315 e. The first kappa shape index (κ1) is 22.0. The fourth-order valence-electron chi connectivity index (χ4n) is 3.02. The van der Waals surface area contributed by atoms with Crippen LogP contribution in [0.3, 0.4) is 0 Å². The van der Waals surface area contributed by atoms with Crippen LogP contribution in [0, 0.1) is 42.2 Å². The van der Waals surface area contributed by atoms with Gasteiger partial charge in [0.2, 0.25) is 5.75 Å². The number of nitro benzene ring substituents is 1. The minimum absolute atomic E-state index is 0.0501. The summed E-state index contributed by atoms with van der Waals surface area (Å²) in [5.74, 6) is 0.271. The number of aryl methyl sites for hydroxylation is 3. The molecule has 0 aliphatic heterocycles. The number of benzene rings is 2. The summed E-state index contributed by atoms with van der Waals surface area (Å²) in [7, 11) is 1.42. The zero-order valence-electron chi connectivity index (χ0n) is 17.6. The molecular formula is C23H21N3O4S. The molecule has 3 rings (SSSR count). The van der Waals surface area contributed by atoms with Crippen molar-refractivity contribution in [3.8, 4) is 17.6 Å². The lowest BCUT2D eigenvalue weighted by atomic mass is 10.1. The van der Waals surface area contributed by atoms with Crippen LogP contribution in [0.25, 0.3) is 11.6 Å². The Balaban J connectivity index is 2.01. The molecule has 0 spiro atoms. The molecule has 1 heterocycles. The standard InChI is InChI=1S/C23H21N3O4S/c1-14-5-6-15(2)19(7-14)12-30-22-20(26(27)28)9-17(10-21(22)29-4)8-18(11-24)23-25-16(3)13-31-23/h5-10,13H,12H2,1-4H3/b18-8-. The Labute approximate surface area is 184 Å². The molecule has 0 aliphatic rings. The summed E-state index contributed by atoms with van der Waals surface area (Å²) >= 11 is 1.34. The van der Waals surface area contributed by atoms with E-state index in [4.69, 9.17) is 9.47 Å². The van der Waals surface area contributed by atoms with Gasteiger partial charge < -0.3 is 9.47 Å². The third kappa shape index (κ3) is 5.08. The minimum Gasteiger partial charge on any atom is -0.493 e. The zero-order valence-corrected chi connectivity index (χ0v) is 18.4. The van der Waals surface area contributed by atoms with E-state index in [1.807, 2.05) is 44.4 Å². The van der Waals surface area contributed by atoms with Gasteiger partial charge in [-0.2, -0.15) is 5.26 Å². The van der Waals surface area contributed by atoms with Crippen LogP contribution in [-0.2, 0) is 6.61 Å². The van der Waals surface area contributed by atoms with E-state index in [-0.39, 0.29) is 23.8 Å². The first-order chi connectivity index (χ1) is 14.8. The smallest absolute Gasteiger partial charge is 0.315 e. The van der Waals surface area contributed by atoms with Crippen molar-refractivity contribution in [3.63, 3.8) is 0 Å².